The van der Waals surface area contributed by atoms with Gasteiger partial charge in [0.2, 0.25) is 0 Å². The Bertz CT molecular complexity index is 909. The van der Waals surface area contributed by atoms with E-state index in [1.54, 1.807) is 6.07 Å². The summed E-state index contributed by atoms with van der Waals surface area (Å²) in [5.41, 5.74) is 3.73. The number of aromatic nitrogens is 1. The molecule has 0 unspecified atom stereocenters. The lowest BCUT2D eigenvalue weighted by atomic mass is 9.97. The Morgan fingerprint density at radius 2 is 1.86 bits per heavy atom. The maximum atomic E-state index is 12.8. The monoisotopic (exact) mass is 397 g/mol. The number of allylic oxidation sites excluding steroid dienone is 2. The van der Waals surface area contributed by atoms with Crippen molar-refractivity contribution in [2.24, 2.45) is 0 Å². The van der Waals surface area contributed by atoms with E-state index in [9.17, 15) is 19.2 Å². The molecule has 29 heavy (non-hydrogen) atoms. The molecular weight excluding hydrogens is 370 g/mol. The summed E-state index contributed by atoms with van der Waals surface area (Å²) < 4.78 is 2.10. The predicted octanol–water partition coefficient (Wildman–Crippen LogP) is 3.15. The summed E-state index contributed by atoms with van der Waals surface area (Å²) in [6.07, 6.45) is 9.41. The number of hydrogen-bond acceptors (Lipinski definition) is 4. The van der Waals surface area contributed by atoms with Gasteiger partial charge in [0.15, 0.2) is 5.78 Å². The van der Waals surface area contributed by atoms with Crippen LogP contribution in [0.3, 0.4) is 0 Å². The van der Waals surface area contributed by atoms with E-state index < -0.39 is 24.4 Å². The summed E-state index contributed by atoms with van der Waals surface area (Å²) in [5.74, 6) is -2.24. The fourth-order valence-electron chi connectivity index (χ4n) is 4.02. The van der Waals surface area contributed by atoms with Crippen molar-refractivity contribution in [1.29, 1.82) is 0 Å². The van der Waals surface area contributed by atoms with Gasteiger partial charge in [0.25, 0.3) is 0 Å². The quantitative estimate of drug-likeness (QED) is 0.292. The number of rotatable bonds is 8. The maximum Gasteiger partial charge on any atom is 0.334 e. The predicted molar refractivity (Wildman–Crippen MR) is 108 cm³/mol. The van der Waals surface area contributed by atoms with Crippen molar-refractivity contribution < 1.29 is 19.2 Å². The first-order chi connectivity index (χ1) is 13.8. The minimum atomic E-state index is -0.969. The van der Waals surface area contributed by atoms with Crippen LogP contribution in [0.25, 0.3) is 0 Å². The van der Waals surface area contributed by atoms with Gasteiger partial charge in [-0.25, -0.2) is 9.69 Å². The van der Waals surface area contributed by atoms with Crippen molar-refractivity contribution in [3.05, 3.63) is 47.3 Å². The van der Waals surface area contributed by atoms with Crippen LogP contribution >= 0.6 is 0 Å². The number of hydrogen-bond donors (Lipinski definition) is 0. The molecule has 1 aliphatic carbocycles. The van der Waals surface area contributed by atoms with Gasteiger partial charge in [-0.2, -0.15) is 0 Å². The second-order valence-corrected chi connectivity index (χ2v) is 7.60. The topological polar surface area (TPSA) is 79.7 Å². The highest BCUT2D eigenvalue weighted by atomic mass is 16.2. The second-order valence-electron chi connectivity index (χ2n) is 7.60. The molecule has 154 valence electrons. The summed E-state index contributed by atoms with van der Waals surface area (Å²) >= 11 is 0. The SMILES string of the molecule is C=CCN1C(=O)C(=O)N(CC(=O)c2cc(C)n(CCC3=CCCCC3)c2C)C1=O. The zero-order chi connectivity index (χ0) is 21.1. The number of nitrogens with zero attached hydrogens (tertiary/aromatic N) is 3. The molecule has 0 saturated carbocycles. The van der Waals surface area contributed by atoms with Gasteiger partial charge in [0.1, 0.15) is 0 Å². The Labute approximate surface area is 170 Å². The highest BCUT2D eigenvalue weighted by Crippen LogP contribution is 2.23. The largest absolute Gasteiger partial charge is 0.348 e. The van der Waals surface area contributed by atoms with Crippen molar-refractivity contribution in [2.75, 3.05) is 13.1 Å². The molecule has 7 nitrogen and oxygen atoms in total. The standard InChI is InChI=1S/C22H27N3O4/c1-4-11-24-20(27)21(28)25(22(24)29)14-19(26)18-13-15(2)23(16(18)3)12-10-17-8-6-5-7-9-17/h4,8,13H,1,5-7,9-12,14H2,2-3H3. The Kier molecular flexibility index (Phi) is 6.15. The molecule has 7 heteroatoms. The number of imide groups is 2. The molecule has 0 bridgehead atoms. The first-order valence-corrected chi connectivity index (χ1v) is 10.0. The van der Waals surface area contributed by atoms with Crippen LogP contribution in [-0.2, 0) is 16.1 Å². The molecule has 1 aliphatic heterocycles. The summed E-state index contributed by atoms with van der Waals surface area (Å²) in [7, 11) is 0. The van der Waals surface area contributed by atoms with Crippen LogP contribution in [0.4, 0.5) is 4.79 Å². The van der Waals surface area contributed by atoms with E-state index in [1.807, 2.05) is 13.8 Å². The van der Waals surface area contributed by atoms with E-state index in [1.165, 1.54) is 24.5 Å². The van der Waals surface area contributed by atoms with Gasteiger partial charge >= 0.3 is 17.8 Å². The van der Waals surface area contributed by atoms with Crippen molar-refractivity contribution in [3.8, 4) is 0 Å². The lowest BCUT2D eigenvalue weighted by molar-refractivity contribution is -0.142. The van der Waals surface area contributed by atoms with E-state index >= 15 is 0 Å². The number of amides is 4. The zero-order valence-electron chi connectivity index (χ0n) is 17.1. The van der Waals surface area contributed by atoms with Crippen molar-refractivity contribution in [3.63, 3.8) is 0 Å². The molecule has 0 radical (unpaired) electrons. The number of aryl methyl sites for hydroxylation is 1. The number of carbonyl (C=O) groups excluding carboxylic acids is 4. The third-order valence-corrected chi connectivity index (χ3v) is 5.66. The van der Waals surface area contributed by atoms with E-state index in [4.69, 9.17) is 0 Å². The summed E-state index contributed by atoms with van der Waals surface area (Å²) in [6.45, 7) is 7.60. The Hall–Kier alpha value is -2.96. The molecule has 1 fully saturated rings. The minimum Gasteiger partial charge on any atom is -0.348 e. The average Bonchev–Trinajstić information content (AvgIpc) is 3.10. The van der Waals surface area contributed by atoms with E-state index in [0.29, 0.717) is 10.5 Å². The van der Waals surface area contributed by atoms with E-state index in [2.05, 4.69) is 17.2 Å². The van der Waals surface area contributed by atoms with Crippen molar-refractivity contribution >= 4 is 23.6 Å². The third-order valence-electron chi connectivity index (χ3n) is 5.66. The van der Waals surface area contributed by atoms with Crippen LogP contribution in [0.5, 0.6) is 0 Å². The van der Waals surface area contributed by atoms with Gasteiger partial charge in [-0.15, -0.1) is 6.58 Å². The Morgan fingerprint density at radius 1 is 1.14 bits per heavy atom. The molecule has 3 rings (SSSR count). The van der Waals surface area contributed by atoms with Gasteiger partial charge in [0, 0.05) is 30.0 Å². The highest BCUT2D eigenvalue weighted by molar-refractivity contribution is 6.45. The molecule has 2 heterocycles. The van der Waals surface area contributed by atoms with Gasteiger partial charge in [-0.05, 0) is 52.0 Å². The fraction of sp³-hybridized carbons (Fsp3) is 0.455. The molecule has 1 saturated heterocycles. The summed E-state index contributed by atoms with van der Waals surface area (Å²) in [6, 6.07) is 1.02. The Morgan fingerprint density at radius 3 is 2.52 bits per heavy atom. The lowest BCUT2D eigenvalue weighted by Crippen LogP contribution is -2.37. The lowest BCUT2D eigenvalue weighted by Gasteiger charge is -2.15. The molecule has 0 atom stereocenters. The van der Waals surface area contributed by atoms with Crippen molar-refractivity contribution in [1.82, 2.24) is 14.4 Å². The number of Topliss-reactive ketones (excluding diaryl/α,β-unsaturated/α-hetero) is 1. The molecule has 4 amide bonds. The fourth-order valence-corrected chi connectivity index (χ4v) is 4.02. The molecule has 0 aromatic carbocycles. The maximum absolute atomic E-state index is 12.8. The van der Waals surface area contributed by atoms with Gasteiger partial charge in [-0.1, -0.05) is 17.7 Å². The molecule has 0 N–H and O–H groups in total. The number of carbonyl (C=O) groups is 4. The highest BCUT2D eigenvalue weighted by Gasteiger charge is 2.44. The molecule has 2 aliphatic rings. The van der Waals surface area contributed by atoms with Crippen LogP contribution in [0, 0.1) is 13.8 Å². The number of urea groups is 1. The van der Waals surface area contributed by atoms with Crippen LogP contribution < -0.4 is 0 Å². The van der Waals surface area contributed by atoms with Crippen LogP contribution in [-0.4, -0.2) is 51.1 Å². The average molecular weight is 397 g/mol. The van der Waals surface area contributed by atoms with Gasteiger partial charge < -0.3 is 4.57 Å². The number of ketones is 1. The summed E-state index contributed by atoms with van der Waals surface area (Å²) in [4.78, 5) is 50.7. The normalized spacial score (nSPS) is 17.2. The van der Waals surface area contributed by atoms with Crippen LogP contribution in [0.1, 0.15) is 53.8 Å². The second kappa shape index (κ2) is 8.59. The first-order valence-electron chi connectivity index (χ1n) is 10.0. The third kappa shape index (κ3) is 4.09. The van der Waals surface area contributed by atoms with E-state index in [0.717, 1.165) is 42.1 Å². The van der Waals surface area contributed by atoms with E-state index in [-0.39, 0.29) is 12.3 Å². The molecule has 1 aromatic heterocycles. The smallest absolute Gasteiger partial charge is 0.334 e. The minimum absolute atomic E-state index is 0.0571. The molecule has 0 spiro atoms. The summed E-state index contributed by atoms with van der Waals surface area (Å²) in [5, 5.41) is 0. The zero-order valence-corrected chi connectivity index (χ0v) is 17.1. The van der Waals surface area contributed by atoms with Crippen LogP contribution in [0.2, 0.25) is 0 Å². The van der Waals surface area contributed by atoms with Crippen LogP contribution in [0.15, 0.2) is 30.4 Å². The first kappa shape index (κ1) is 20.8. The Balaban J connectivity index is 1.72. The molecular formula is C22H27N3O4. The van der Waals surface area contributed by atoms with Gasteiger partial charge in [-0.3, -0.25) is 19.3 Å². The molecule has 1 aromatic rings. The van der Waals surface area contributed by atoms with Crippen molar-refractivity contribution in [2.45, 2.75) is 52.5 Å². The van der Waals surface area contributed by atoms with Gasteiger partial charge in [0.05, 0.1) is 6.54 Å².